The second-order valence-corrected chi connectivity index (χ2v) is 6.01. The molecule has 1 aromatic heterocycles. The largest absolute Gasteiger partial charge is 0.385 e. The summed E-state index contributed by atoms with van der Waals surface area (Å²) in [5.74, 6) is 3.05. The zero-order chi connectivity index (χ0) is 11.7. The molecule has 0 bridgehead atoms. The smallest absolute Gasteiger partial charge is 0.153 e. The number of nitrogens with zero attached hydrogens (tertiary/aromatic N) is 2. The predicted octanol–water partition coefficient (Wildman–Crippen LogP) is 1.14. The van der Waals surface area contributed by atoms with Crippen LogP contribution in [0.5, 0.6) is 0 Å². The molecule has 5 nitrogen and oxygen atoms in total. The second kappa shape index (κ2) is 4.59. The molecule has 2 N–H and O–H groups in total. The highest BCUT2D eigenvalue weighted by Crippen LogP contribution is 2.43. The van der Waals surface area contributed by atoms with Crippen molar-refractivity contribution in [2.75, 3.05) is 18.1 Å². The van der Waals surface area contributed by atoms with E-state index in [1.165, 1.54) is 12.1 Å². The van der Waals surface area contributed by atoms with E-state index in [0.717, 1.165) is 31.6 Å². The zero-order valence-electron chi connectivity index (χ0n) is 9.63. The number of thioether (sulfide) groups is 1. The molecule has 1 aromatic rings. The van der Waals surface area contributed by atoms with E-state index in [4.69, 9.17) is 4.74 Å². The number of hydrogen-bond donors (Lipinski definition) is 2. The van der Waals surface area contributed by atoms with Crippen LogP contribution in [0.2, 0.25) is 0 Å². The van der Waals surface area contributed by atoms with Gasteiger partial charge in [0.1, 0.15) is 12.4 Å². The van der Waals surface area contributed by atoms with Gasteiger partial charge in [-0.3, -0.25) is 5.10 Å². The Morgan fingerprint density at radius 2 is 2.59 bits per heavy atom. The Morgan fingerprint density at radius 1 is 1.65 bits per heavy atom. The lowest BCUT2D eigenvalue weighted by Crippen LogP contribution is -2.41. The Hall–Kier alpha value is -0.590. The molecule has 3 heterocycles. The molecule has 2 fully saturated rings. The molecule has 0 saturated carbocycles. The minimum atomic E-state index is -0.538. The summed E-state index contributed by atoms with van der Waals surface area (Å²) in [6.45, 7) is 0.746. The van der Waals surface area contributed by atoms with Crippen LogP contribution in [0, 0.1) is 5.92 Å². The van der Waals surface area contributed by atoms with Crippen molar-refractivity contribution in [2.45, 2.75) is 31.0 Å². The van der Waals surface area contributed by atoms with Gasteiger partial charge in [0.25, 0.3) is 0 Å². The number of aromatic nitrogens is 3. The second-order valence-electron chi connectivity index (χ2n) is 4.90. The van der Waals surface area contributed by atoms with E-state index in [2.05, 4.69) is 15.2 Å². The van der Waals surface area contributed by atoms with Crippen molar-refractivity contribution < 1.29 is 9.84 Å². The van der Waals surface area contributed by atoms with E-state index in [0.29, 0.717) is 5.82 Å². The Kier molecular flexibility index (Phi) is 3.10. The first kappa shape index (κ1) is 11.5. The fraction of sp³-hybridized carbons (Fsp3) is 0.818. The highest BCUT2D eigenvalue weighted by atomic mass is 32.2. The van der Waals surface area contributed by atoms with Crippen LogP contribution in [0.25, 0.3) is 0 Å². The van der Waals surface area contributed by atoms with Crippen molar-refractivity contribution in [3.63, 3.8) is 0 Å². The maximum absolute atomic E-state index is 10.3. The molecule has 2 saturated heterocycles. The van der Waals surface area contributed by atoms with Gasteiger partial charge in [-0.1, -0.05) is 0 Å². The average Bonchev–Trinajstić information content (AvgIpc) is 3.00. The molecule has 3 rings (SSSR count). The number of hydrogen-bond acceptors (Lipinski definition) is 5. The SMILES string of the molecule is OC(c1ncn[nH]1)C1CCOC2(CCSC2)C1. The van der Waals surface area contributed by atoms with Crippen LogP contribution in [0.15, 0.2) is 6.33 Å². The van der Waals surface area contributed by atoms with Crippen LogP contribution in [0.4, 0.5) is 0 Å². The van der Waals surface area contributed by atoms with Gasteiger partial charge in [-0.2, -0.15) is 16.9 Å². The monoisotopic (exact) mass is 255 g/mol. The third-order valence-electron chi connectivity index (χ3n) is 3.76. The maximum Gasteiger partial charge on any atom is 0.153 e. The zero-order valence-corrected chi connectivity index (χ0v) is 10.4. The molecular weight excluding hydrogens is 238 g/mol. The van der Waals surface area contributed by atoms with E-state index in [-0.39, 0.29) is 11.5 Å². The van der Waals surface area contributed by atoms with Gasteiger partial charge in [0.05, 0.1) is 5.60 Å². The lowest BCUT2D eigenvalue weighted by atomic mass is 9.82. The standard InChI is InChI=1S/C11H17N3O2S/c15-9(10-12-7-13-14-10)8-1-3-16-11(5-8)2-4-17-6-11/h7-9,15H,1-6H2,(H,12,13,14). The van der Waals surface area contributed by atoms with Crippen molar-refractivity contribution >= 4 is 11.8 Å². The molecule has 17 heavy (non-hydrogen) atoms. The highest BCUT2D eigenvalue weighted by molar-refractivity contribution is 7.99. The van der Waals surface area contributed by atoms with Crippen LogP contribution in [0.1, 0.15) is 31.2 Å². The average molecular weight is 255 g/mol. The van der Waals surface area contributed by atoms with Gasteiger partial charge in [0, 0.05) is 12.4 Å². The lowest BCUT2D eigenvalue weighted by Gasteiger charge is -2.39. The quantitative estimate of drug-likeness (QED) is 0.829. The van der Waals surface area contributed by atoms with Crippen LogP contribution < -0.4 is 0 Å². The molecule has 0 radical (unpaired) electrons. The van der Waals surface area contributed by atoms with Gasteiger partial charge in [-0.25, -0.2) is 4.98 Å². The topological polar surface area (TPSA) is 71.0 Å². The molecule has 0 aromatic carbocycles. The van der Waals surface area contributed by atoms with Crippen molar-refractivity contribution in [3.8, 4) is 0 Å². The summed E-state index contributed by atoms with van der Waals surface area (Å²) in [6.07, 6.45) is 3.84. The van der Waals surface area contributed by atoms with Gasteiger partial charge in [-0.15, -0.1) is 0 Å². The van der Waals surface area contributed by atoms with E-state index in [1.54, 1.807) is 0 Å². The molecule has 1 spiro atoms. The molecule has 3 unspecified atom stereocenters. The summed E-state index contributed by atoms with van der Waals surface area (Å²) in [5, 5.41) is 16.8. The number of nitrogens with one attached hydrogen (secondary N) is 1. The first-order valence-electron chi connectivity index (χ1n) is 6.04. The van der Waals surface area contributed by atoms with Gasteiger partial charge < -0.3 is 9.84 Å². The van der Waals surface area contributed by atoms with Crippen molar-refractivity contribution in [3.05, 3.63) is 12.2 Å². The summed E-state index contributed by atoms with van der Waals surface area (Å²) >= 11 is 1.95. The minimum absolute atomic E-state index is 0.00852. The number of aliphatic hydroxyl groups is 1. The van der Waals surface area contributed by atoms with Crippen LogP contribution in [-0.4, -0.2) is 44.0 Å². The summed E-state index contributed by atoms with van der Waals surface area (Å²) in [6, 6.07) is 0. The first-order chi connectivity index (χ1) is 8.29. The fourth-order valence-corrected chi connectivity index (χ4v) is 4.16. The van der Waals surface area contributed by atoms with E-state index >= 15 is 0 Å². The van der Waals surface area contributed by atoms with Gasteiger partial charge in [-0.05, 0) is 30.9 Å². The Balaban J connectivity index is 1.71. The van der Waals surface area contributed by atoms with E-state index in [1.807, 2.05) is 11.8 Å². The first-order valence-corrected chi connectivity index (χ1v) is 7.20. The molecule has 2 aliphatic heterocycles. The van der Waals surface area contributed by atoms with Crippen LogP contribution in [-0.2, 0) is 4.74 Å². The molecule has 2 aliphatic rings. The summed E-state index contributed by atoms with van der Waals surface area (Å²) < 4.78 is 5.95. The predicted molar refractivity (Wildman–Crippen MR) is 64.7 cm³/mol. The minimum Gasteiger partial charge on any atom is -0.385 e. The number of ether oxygens (including phenoxy) is 1. The normalized spacial score (nSPS) is 35.2. The number of aliphatic hydroxyl groups excluding tert-OH is 1. The Bertz CT molecular complexity index is 365. The fourth-order valence-electron chi connectivity index (χ4n) is 2.78. The molecular formula is C11H17N3O2S. The third kappa shape index (κ3) is 2.21. The Morgan fingerprint density at radius 3 is 3.29 bits per heavy atom. The van der Waals surface area contributed by atoms with Gasteiger partial charge in [0.15, 0.2) is 5.82 Å². The summed E-state index contributed by atoms with van der Waals surface area (Å²) in [7, 11) is 0. The van der Waals surface area contributed by atoms with Gasteiger partial charge >= 0.3 is 0 Å². The molecule has 3 atom stereocenters. The van der Waals surface area contributed by atoms with Crippen molar-refractivity contribution in [2.24, 2.45) is 5.92 Å². The Labute approximate surface area is 104 Å². The van der Waals surface area contributed by atoms with E-state index in [9.17, 15) is 5.11 Å². The highest BCUT2D eigenvalue weighted by Gasteiger charge is 2.42. The van der Waals surface area contributed by atoms with Crippen LogP contribution >= 0.6 is 11.8 Å². The lowest BCUT2D eigenvalue weighted by molar-refractivity contribution is -0.103. The molecule has 94 valence electrons. The summed E-state index contributed by atoms with van der Waals surface area (Å²) in [5.41, 5.74) is 0.00852. The van der Waals surface area contributed by atoms with Crippen molar-refractivity contribution in [1.29, 1.82) is 0 Å². The van der Waals surface area contributed by atoms with E-state index < -0.39 is 6.10 Å². The van der Waals surface area contributed by atoms with Crippen LogP contribution in [0.3, 0.4) is 0 Å². The van der Waals surface area contributed by atoms with Crippen molar-refractivity contribution in [1.82, 2.24) is 15.2 Å². The van der Waals surface area contributed by atoms with Gasteiger partial charge in [0.2, 0.25) is 0 Å². The third-order valence-corrected chi connectivity index (χ3v) is 4.98. The molecule has 6 heteroatoms. The maximum atomic E-state index is 10.3. The number of aromatic amines is 1. The number of H-pyrrole nitrogens is 1. The number of rotatable bonds is 2. The molecule has 0 aliphatic carbocycles. The molecule has 0 amide bonds. The summed E-state index contributed by atoms with van der Waals surface area (Å²) in [4.78, 5) is 4.04.